The zero-order valence-corrected chi connectivity index (χ0v) is 16.1. The van der Waals surface area contributed by atoms with E-state index in [0.717, 1.165) is 21.4 Å². The predicted octanol–water partition coefficient (Wildman–Crippen LogP) is 4.69. The van der Waals surface area contributed by atoms with Gasteiger partial charge in [0.1, 0.15) is 11.6 Å². The van der Waals surface area contributed by atoms with Crippen LogP contribution in [0.15, 0.2) is 42.5 Å². The van der Waals surface area contributed by atoms with Gasteiger partial charge in [-0.15, -0.1) is 0 Å². The topological polar surface area (TPSA) is 56.1 Å². The molecule has 3 aromatic rings. The molecule has 0 unspecified atom stereocenters. The third kappa shape index (κ3) is 4.30. The van der Waals surface area contributed by atoms with E-state index in [1.54, 1.807) is 31.2 Å². The summed E-state index contributed by atoms with van der Waals surface area (Å²) in [4.78, 5) is 16.5. The monoisotopic (exact) mass is 387 g/mol. The van der Waals surface area contributed by atoms with Crippen molar-refractivity contribution in [3.05, 3.63) is 59.4 Å². The number of nitrogens with one attached hydrogen (secondary N) is 1. The summed E-state index contributed by atoms with van der Waals surface area (Å²) in [5.41, 5.74) is 2.95. The van der Waals surface area contributed by atoms with Gasteiger partial charge in [0.15, 0.2) is 0 Å². The van der Waals surface area contributed by atoms with Crippen molar-refractivity contribution in [3.63, 3.8) is 0 Å². The highest BCUT2D eigenvalue weighted by molar-refractivity contribution is 5.78. The number of nitrogens with zero attached hydrogens (tertiary/aromatic N) is 2. The predicted molar refractivity (Wildman–Crippen MR) is 104 cm³/mol. The molecule has 1 atom stereocenters. The number of hydrogen-bond donors (Lipinski definition) is 1. The Morgan fingerprint density at radius 1 is 1.21 bits per heavy atom. The Balaban J connectivity index is 1.63. The van der Waals surface area contributed by atoms with E-state index in [1.165, 1.54) is 0 Å². The van der Waals surface area contributed by atoms with Crippen LogP contribution in [0.1, 0.15) is 42.9 Å². The molecule has 0 aliphatic rings. The molecule has 0 saturated heterocycles. The van der Waals surface area contributed by atoms with E-state index in [2.05, 4.69) is 10.3 Å². The van der Waals surface area contributed by atoms with Gasteiger partial charge in [-0.2, -0.15) is 8.78 Å². The Labute approximate surface area is 162 Å². The number of fused-ring (bicyclic) bond motifs is 1. The minimum absolute atomic E-state index is 0.118. The van der Waals surface area contributed by atoms with Crippen molar-refractivity contribution in [1.29, 1.82) is 0 Å². The summed E-state index contributed by atoms with van der Waals surface area (Å²) in [7, 11) is 0. The Hall–Kier alpha value is -2.96. The lowest BCUT2D eigenvalue weighted by Crippen LogP contribution is -2.29. The fourth-order valence-corrected chi connectivity index (χ4v) is 3.17. The first-order valence-corrected chi connectivity index (χ1v) is 9.11. The second-order valence-electron chi connectivity index (χ2n) is 6.76. The molecule has 1 aromatic heterocycles. The summed E-state index contributed by atoms with van der Waals surface area (Å²) in [5, 5.41) is 2.73. The Kier molecular flexibility index (Phi) is 5.92. The molecule has 0 saturated carbocycles. The van der Waals surface area contributed by atoms with Crippen molar-refractivity contribution in [2.45, 2.75) is 39.8 Å². The molecule has 0 bridgehead atoms. The van der Waals surface area contributed by atoms with Crippen LogP contribution in [0.4, 0.5) is 8.78 Å². The van der Waals surface area contributed by atoms with Crippen molar-refractivity contribution in [2.24, 2.45) is 0 Å². The summed E-state index contributed by atoms with van der Waals surface area (Å²) < 4.78 is 33.6. The van der Waals surface area contributed by atoms with Gasteiger partial charge in [-0.3, -0.25) is 9.36 Å². The van der Waals surface area contributed by atoms with Crippen LogP contribution >= 0.6 is 0 Å². The first-order valence-electron chi connectivity index (χ1n) is 9.11. The van der Waals surface area contributed by atoms with Crippen molar-refractivity contribution >= 4 is 16.9 Å². The van der Waals surface area contributed by atoms with E-state index < -0.39 is 12.6 Å². The van der Waals surface area contributed by atoms with Crippen molar-refractivity contribution in [2.75, 3.05) is 6.61 Å². The molecule has 0 aliphatic heterocycles. The van der Waals surface area contributed by atoms with Gasteiger partial charge in [-0.1, -0.05) is 29.8 Å². The fourth-order valence-electron chi connectivity index (χ4n) is 3.17. The Morgan fingerprint density at radius 2 is 1.96 bits per heavy atom. The lowest BCUT2D eigenvalue weighted by Gasteiger charge is -2.16. The van der Waals surface area contributed by atoms with Gasteiger partial charge in [-0.25, -0.2) is 4.98 Å². The second-order valence-corrected chi connectivity index (χ2v) is 6.76. The number of para-hydroxylation sites is 2. The van der Waals surface area contributed by atoms with Crippen LogP contribution in [0.25, 0.3) is 11.0 Å². The lowest BCUT2D eigenvalue weighted by atomic mass is 10.1. The molecule has 0 fully saturated rings. The summed E-state index contributed by atoms with van der Waals surface area (Å²) in [6, 6.07) is 11.8. The lowest BCUT2D eigenvalue weighted by molar-refractivity contribution is -0.122. The van der Waals surface area contributed by atoms with Gasteiger partial charge >= 0.3 is 6.55 Å². The maximum Gasteiger partial charge on any atom is 0.320 e. The third-order valence-electron chi connectivity index (χ3n) is 4.50. The number of carbonyl (C=O) groups excluding carboxylic acids is 1. The first kappa shape index (κ1) is 19.8. The highest BCUT2D eigenvalue weighted by atomic mass is 19.3. The van der Waals surface area contributed by atoms with Gasteiger partial charge in [0.25, 0.3) is 0 Å². The zero-order valence-electron chi connectivity index (χ0n) is 16.1. The summed E-state index contributed by atoms with van der Waals surface area (Å²) in [6.07, 6.45) is 0.118. The molecule has 5 nitrogen and oxygen atoms in total. The van der Waals surface area contributed by atoms with Crippen molar-refractivity contribution in [3.8, 4) is 5.75 Å². The number of carbonyl (C=O) groups is 1. The van der Waals surface area contributed by atoms with Gasteiger partial charge in [0.05, 0.1) is 30.1 Å². The molecular weight excluding hydrogens is 364 g/mol. The minimum Gasteiger partial charge on any atom is -0.493 e. The van der Waals surface area contributed by atoms with Gasteiger partial charge < -0.3 is 10.1 Å². The van der Waals surface area contributed by atoms with Crippen LogP contribution in [0.3, 0.4) is 0 Å². The van der Waals surface area contributed by atoms with Crippen LogP contribution < -0.4 is 10.1 Å². The molecule has 0 radical (unpaired) electrons. The number of ether oxygens (including phenoxy) is 1. The van der Waals surface area contributed by atoms with Crippen LogP contribution in [0, 0.1) is 13.8 Å². The number of aryl methyl sites for hydroxylation is 2. The molecular formula is C21H23F2N3O2. The smallest absolute Gasteiger partial charge is 0.320 e. The van der Waals surface area contributed by atoms with E-state index in [9.17, 15) is 13.6 Å². The SMILES string of the molecule is Cc1ccc(OCCC(=O)N[C@H](C)c2nc3ccccc3n2C(F)F)c(C)c1. The first-order chi connectivity index (χ1) is 13.4. The molecule has 0 aliphatic carbocycles. The molecule has 1 N–H and O–H groups in total. The van der Waals surface area contributed by atoms with E-state index in [-0.39, 0.29) is 24.8 Å². The second kappa shape index (κ2) is 8.37. The van der Waals surface area contributed by atoms with Crippen LogP contribution in [0.2, 0.25) is 0 Å². The average Bonchev–Trinajstić information content (AvgIpc) is 3.03. The quantitative estimate of drug-likeness (QED) is 0.640. The number of rotatable bonds is 7. The third-order valence-corrected chi connectivity index (χ3v) is 4.50. The standard InChI is InChI=1S/C21H23F2N3O2/c1-13-8-9-18(14(2)12-13)28-11-10-19(27)24-15(3)20-25-16-6-4-5-7-17(16)26(20)21(22)23/h4-9,12,15,21H,10-11H2,1-3H3,(H,24,27)/t15-/m1/s1. The Morgan fingerprint density at radius 3 is 2.68 bits per heavy atom. The molecule has 28 heavy (non-hydrogen) atoms. The number of alkyl halides is 2. The average molecular weight is 387 g/mol. The Bertz CT molecular complexity index is 985. The van der Waals surface area contributed by atoms with Crippen LogP contribution in [-0.2, 0) is 4.79 Å². The normalized spacial score (nSPS) is 12.4. The maximum absolute atomic E-state index is 13.5. The number of hydrogen-bond acceptors (Lipinski definition) is 3. The maximum atomic E-state index is 13.5. The van der Waals surface area contributed by atoms with Crippen LogP contribution in [0.5, 0.6) is 5.75 Å². The van der Waals surface area contributed by atoms with Crippen molar-refractivity contribution in [1.82, 2.24) is 14.9 Å². The van der Waals surface area contributed by atoms with Gasteiger partial charge in [0.2, 0.25) is 5.91 Å². The number of halogens is 2. The van der Waals surface area contributed by atoms with E-state index in [1.807, 2.05) is 32.0 Å². The molecule has 3 rings (SSSR count). The van der Waals surface area contributed by atoms with E-state index in [4.69, 9.17) is 4.74 Å². The summed E-state index contributed by atoms with van der Waals surface area (Å²) in [5.74, 6) is 0.566. The molecule has 7 heteroatoms. The molecule has 1 heterocycles. The van der Waals surface area contributed by atoms with Crippen molar-refractivity contribution < 1.29 is 18.3 Å². The number of benzene rings is 2. The molecule has 0 spiro atoms. The van der Waals surface area contributed by atoms with Gasteiger partial charge in [-0.05, 0) is 44.5 Å². The highest BCUT2D eigenvalue weighted by Gasteiger charge is 2.22. The molecule has 148 valence electrons. The van der Waals surface area contributed by atoms with Gasteiger partial charge in [0, 0.05) is 0 Å². The highest BCUT2D eigenvalue weighted by Crippen LogP contribution is 2.26. The summed E-state index contributed by atoms with van der Waals surface area (Å²) in [6.45, 7) is 3.04. The molecule has 2 aromatic carbocycles. The fraction of sp³-hybridized carbons (Fsp3) is 0.333. The number of imidazole rings is 1. The van der Waals surface area contributed by atoms with E-state index in [0.29, 0.717) is 11.0 Å². The number of aromatic nitrogens is 2. The van der Waals surface area contributed by atoms with Crippen LogP contribution in [-0.4, -0.2) is 22.1 Å². The summed E-state index contributed by atoms with van der Waals surface area (Å²) >= 11 is 0. The number of amides is 1. The van der Waals surface area contributed by atoms with E-state index >= 15 is 0 Å². The zero-order chi connectivity index (χ0) is 20.3. The largest absolute Gasteiger partial charge is 0.493 e. The minimum atomic E-state index is -2.74. The molecule has 1 amide bonds.